The van der Waals surface area contributed by atoms with Crippen molar-refractivity contribution < 1.29 is 50.4 Å². The summed E-state index contributed by atoms with van der Waals surface area (Å²) in [5.41, 5.74) is 13.3. The van der Waals surface area contributed by atoms with Crippen LogP contribution in [-0.4, -0.2) is 57.8 Å². The number of azide groups is 1. The van der Waals surface area contributed by atoms with Crippen LogP contribution in [0.2, 0.25) is 0 Å². The Morgan fingerprint density at radius 3 is 1.89 bits per heavy atom. The molecule has 6 atom stereocenters. The van der Waals surface area contributed by atoms with Crippen LogP contribution in [0.15, 0.2) is 20.9 Å². The van der Waals surface area contributed by atoms with Crippen molar-refractivity contribution in [2.75, 3.05) is 26.4 Å². The summed E-state index contributed by atoms with van der Waals surface area (Å²) < 4.78 is 70.0. The number of phosphoric ester groups is 2. The van der Waals surface area contributed by atoms with Crippen molar-refractivity contribution in [2.45, 2.75) is 154 Å². The maximum Gasteiger partial charge on any atom is 0.490 e. The lowest BCUT2D eigenvalue weighted by Crippen LogP contribution is -2.33. The Kier molecular flexibility index (Phi) is 23.6. The smallest absolute Gasteiger partial charge is 0.352 e. The average molecular weight is 831 g/mol. The maximum atomic E-state index is 13.3. The van der Waals surface area contributed by atoms with Crippen molar-refractivity contribution in [1.29, 1.82) is 0 Å². The predicted octanol–water partition coefficient (Wildman–Crippen LogP) is 8.20. The molecule has 2 rings (SSSR count). The standard InChI is InChI=1S/C32H61N6O13P3/c1-3-4-5-6-7-8-9-10-11-12-13-14-15-16-17-19-22-46-54(45,47-23-20-18-21-33)51-53(43,44)50-52(41,42)48-26-29-28(36-37-34)24-30(49-29)38-25-27(2)31(39)35-32(38)40/h25,28-30H,3-24,26,33H2,1-2H3,(H,41,42)(H,43,44)(H,35,39,40)/t28?,29-,30-,54?/m1/s1. The zero-order chi connectivity index (χ0) is 39.9. The molecule has 0 bridgehead atoms. The van der Waals surface area contributed by atoms with Gasteiger partial charge in [0.15, 0.2) is 0 Å². The molecule has 54 heavy (non-hydrogen) atoms. The molecule has 1 saturated heterocycles. The number of nitrogens with one attached hydrogen (secondary N) is 1. The SMILES string of the molecule is CCCCCCCCCCCCCCCCCCOP(=O)(OCCCCN)OP(=O)(O)OP(=O)(O)OC[C@H]1O[C@@H](n2cc(C)c(=O)[nH]c2=O)CC1N=[N+]=[N-]. The quantitative estimate of drug-likeness (QED) is 0.0175. The maximum absolute atomic E-state index is 13.3. The lowest BCUT2D eigenvalue weighted by Gasteiger charge is -2.22. The van der Waals surface area contributed by atoms with Gasteiger partial charge in [0.05, 0.1) is 32.0 Å². The molecule has 0 saturated carbocycles. The summed E-state index contributed by atoms with van der Waals surface area (Å²) in [6, 6.07) is -1.02. The molecule has 5 N–H and O–H groups in total. The summed E-state index contributed by atoms with van der Waals surface area (Å²) in [5, 5.41) is 3.57. The van der Waals surface area contributed by atoms with Crippen LogP contribution in [0.3, 0.4) is 0 Å². The second kappa shape index (κ2) is 26.3. The lowest BCUT2D eigenvalue weighted by molar-refractivity contribution is -0.0268. The minimum absolute atomic E-state index is 0.0803. The molecule has 1 fully saturated rings. The fourth-order valence-corrected chi connectivity index (χ4v) is 9.94. The van der Waals surface area contributed by atoms with Crippen LogP contribution in [0, 0.1) is 6.92 Å². The van der Waals surface area contributed by atoms with Gasteiger partial charge in [-0.3, -0.25) is 27.9 Å². The summed E-state index contributed by atoms with van der Waals surface area (Å²) in [6.45, 7) is 2.84. The first-order valence-electron chi connectivity index (χ1n) is 19.1. The van der Waals surface area contributed by atoms with Crippen LogP contribution < -0.4 is 17.0 Å². The molecular formula is C32H61N6O13P3. The van der Waals surface area contributed by atoms with Gasteiger partial charge in [-0.2, -0.15) is 8.62 Å². The number of hydrogen-bond donors (Lipinski definition) is 4. The van der Waals surface area contributed by atoms with Crippen molar-refractivity contribution in [3.05, 3.63) is 43.0 Å². The monoisotopic (exact) mass is 830 g/mol. The minimum Gasteiger partial charge on any atom is -0.352 e. The normalized spacial score (nSPS) is 20.6. The molecule has 0 radical (unpaired) electrons. The predicted molar refractivity (Wildman–Crippen MR) is 203 cm³/mol. The van der Waals surface area contributed by atoms with Crippen molar-refractivity contribution in [3.8, 4) is 0 Å². The first kappa shape index (κ1) is 48.5. The van der Waals surface area contributed by atoms with Crippen LogP contribution in [0.5, 0.6) is 0 Å². The molecule has 0 aromatic carbocycles. The summed E-state index contributed by atoms with van der Waals surface area (Å²) in [5.74, 6) is 0. The van der Waals surface area contributed by atoms with Gasteiger partial charge in [-0.15, -0.1) is 0 Å². The number of ether oxygens (including phenoxy) is 1. The van der Waals surface area contributed by atoms with E-state index in [1.165, 1.54) is 83.7 Å². The number of nitrogens with zero attached hydrogens (tertiary/aromatic N) is 4. The third kappa shape index (κ3) is 20.0. The lowest BCUT2D eigenvalue weighted by atomic mass is 10.0. The van der Waals surface area contributed by atoms with Gasteiger partial charge < -0.3 is 20.3 Å². The second-order valence-electron chi connectivity index (χ2n) is 13.4. The number of H-pyrrole nitrogens is 1. The van der Waals surface area contributed by atoms with E-state index in [1.54, 1.807) is 0 Å². The number of aromatic nitrogens is 2. The zero-order valence-corrected chi connectivity index (χ0v) is 34.3. The molecule has 1 aromatic rings. The average Bonchev–Trinajstić information content (AvgIpc) is 3.50. The molecule has 0 spiro atoms. The van der Waals surface area contributed by atoms with Crippen LogP contribution in [0.25, 0.3) is 10.4 Å². The van der Waals surface area contributed by atoms with E-state index in [0.717, 1.165) is 30.3 Å². The number of hydrogen-bond acceptors (Lipinski definition) is 13. The van der Waals surface area contributed by atoms with Gasteiger partial charge >= 0.3 is 29.2 Å². The Morgan fingerprint density at radius 1 is 0.852 bits per heavy atom. The van der Waals surface area contributed by atoms with Crippen LogP contribution in [0.1, 0.15) is 141 Å². The fourth-order valence-electron chi connectivity index (χ4n) is 5.82. The Hall–Kier alpha value is -1.68. The van der Waals surface area contributed by atoms with Crippen molar-refractivity contribution >= 4 is 23.5 Å². The fraction of sp³-hybridized carbons (Fsp3) is 0.875. The van der Waals surface area contributed by atoms with E-state index in [2.05, 4.69) is 26.2 Å². The highest BCUT2D eigenvalue weighted by Crippen LogP contribution is 2.69. The molecule has 0 amide bonds. The molecule has 1 aromatic heterocycles. The van der Waals surface area contributed by atoms with E-state index in [9.17, 15) is 33.1 Å². The summed E-state index contributed by atoms with van der Waals surface area (Å²) in [7, 11) is -15.8. The summed E-state index contributed by atoms with van der Waals surface area (Å²) in [4.78, 5) is 49.5. The van der Waals surface area contributed by atoms with Crippen molar-refractivity contribution in [2.24, 2.45) is 10.8 Å². The van der Waals surface area contributed by atoms with E-state index in [1.807, 2.05) is 0 Å². The highest BCUT2D eigenvalue weighted by molar-refractivity contribution is 7.67. The van der Waals surface area contributed by atoms with Gasteiger partial charge in [0.2, 0.25) is 0 Å². The first-order chi connectivity index (χ1) is 25.7. The number of rotatable bonds is 32. The number of nitrogens with two attached hydrogens (primary N) is 1. The molecule has 0 aliphatic carbocycles. The third-order valence-electron chi connectivity index (χ3n) is 8.77. The second-order valence-corrected chi connectivity index (χ2v) is 18.3. The topological polar surface area (TPSA) is 277 Å². The molecule has 19 nitrogen and oxygen atoms in total. The molecular weight excluding hydrogens is 769 g/mol. The minimum atomic E-state index is -5.63. The van der Waals surface area contributed by atoms with Gasteiger partial charge in [0.25, 0.3) is 5.56 Å². The van der Waals surface area contributed by atoms with Gasteiger partial charge in [0, 0.05) is 23.1 Å². The van der Waals surface area contributed by atoms with Crippen molar-refractivity contribution in [1.82, 2.24) is 9.55 Å². The Balaban J connectivity index is 1.81. The highest BCUT2D eigenvalue weighted by atomic mass is 31.3. The van der Waals surface area contributed by atoms with Gasteiger partial charge in [-0.05, 0) is 38.3 Å². The summed E-state index contributed by atoms with van der Waals surface area (Å²) in [6.07, 6.45) is 18.2. The van der Waals surface area contributed by atoms with E-state index >= 15 is 0 Å². The van der Waals surface area contributed by atoms with E-state index < -0.39 is 59.7 Å². The first-order valence-corrected chi connectivity index (χ1v) is 23.5. The number of aromatic amines is 1. The molecule has 1 aliphatic heterocycles. The van der Waals surface area contributed by atoms with E-state index in [4.69, 9.17) is 33.9 Å². The Morgan fingerprint density at radius 2 is 1.37 bits per heavy atom. The number of aryl methyl sites for hydroxylation is 1. The number of phosphoric acid groups is 3. The van der Waals surface area contributed by atoms with Gasteiger partial charge in [0.1, 0.15) is 6.23 Å². The van der Waals surface area contributed by atoms with E-state index in [0.29, 0.717) is 25.8 Å². The van der Waals surface area contributed by atoms with Gasteiger partial charge in [-0.25, -0.2) is 18.5 Å². The Labute approximate surface area is 317 Å². The van der Waals surface area contributed by atoms with Crippen LogP contribution in [0.4, 0.5) is 0 Å². The molecule has 312 valence electrons. The van der Waals surface area contributed by atoms with Crippen LogP contribution in [-0.2, 0) is 40.6 Å². The highest BCUT2D eigenvalue weighted by Gasteiger charge is 2.45. The molecule has 22 heteroatoms. The van der Waals surface area contributed by atoms with Crippen LogP contribution >= 0.6 is 23.5 Å². The molecule has 2 heterocycles. The third-order valence-corrected chi connectivity index (χ3v) is 13.5. The largest absolute Gasteiger partial charge is 0.490 e. The Bertz CT molecular complexity index is 1540. The van der Waals surface area contributed by atoms with Gasteiger partial charge in [-0.1, -0.05) is 108 Å². The number of unbranched alkanes of at least 4 members (excludes halogenated alkanes) is 16. The molecule has 4 unspecified atom stereocenters. The molecule has 1 aliphatic rings. The summed E-state index contributed by atoms with van der Waals surface area (Å²) >= 11 is 0. The zero-order valence-electron chi connectivity index (χ0n) is 31.7. The van der Waals surface area contributed by atoms with Crippen molar-refractivity contribution in [3.63, 3.8) is 0 Å². The van der Waals surface area contributed by atoms with E-state index in [-0.39, 0.29) is 25.2 Å².